The Labute approximate surface area is 213 Å². The van der Waals surface area contributed by atoms with Crippen LogP contribution in [-0.4, -0.2) is 56.3 Å². The van der Waals surface area contributed by atoms with Crippen molar-refractivity contribution in [3.63, 3.8) is 0 Å². The number of imidazole rings is 1. The summed E-state index contributed by atoms with van der Waals surface area (Å²) in [6.07, 6.45) is 7.21. The number of fused-ring (bicyclic) bond motifs is 3. The lowest BCUT2D eigenvalue weighted by atomic mass is 9.86. The molecule has 0 saturated heterocycles. The van der Waals surface area contributed by atoms with Gasteiger partial charge in [0, 0.05) is 23.8 Å². The highest BCUT2D eigenvalue weighted by Gasteiger charge is 2.34. The van der Waals surface area contributed by atoms with E-state index < -0.39 is 5.97 Å². The van der Waals surface area contributed by atoms with Gasteiger partial charge in [-0.05, 0) is 57.6 Å². The Morgan fingerprint density at radius 2 is 1.97 bits per heavy atom. The molecule has 1 atom stereocenters. The SMILES string of the molecule is COC(=O)N1c2ccc3c(nc(OCCn4cc(Cl)cn4)n3C3CCC(C(=O)O)CC3)c2CC[C@@H]1C. The van der Waals surface area contributed by atoms with E-state index in [-0.39, 0.29) is 24.1 Å². The number of aromatic nitrogens is 4. The third kappa shape index (κ3) is 4.50. The molecule has 1 aromatic carbocycles. The molecule has 10 nitrogen and oxygen atoms in total. The number of benzene rings is 1. The summed E-state index contributed by atoms with van der Waals surface area (Å²) in [5.74, 6) is -1.04. The number of aliphatic carboxylic acids is 1. The second-order valence-corrected chi connectivity index (χ2v) is 9.97. The van der Waals surface area contributed by atoms with Crippen molar-refractivity contribution in [3.8, 4) is 6.01 Å². The van der Waals surface area contributed by atoms with Crippen LogP contribution in [0.3, 0.4) is 0 Å². The maximum absolute atomic E-state index is 12.5. The standard InChI is InChI=1S/C25H30ClN5O5/c1-15-3-8-19-20(30(15)25(34)35-2)9-10-21-22(19)28-24(36-12-11-29-14-17(26)13-27-29)31(21)18-6-4-16(5-7-18)23(32)33/h9-10,13-16,18H,3-8,11-12H2,1-2H3,(H,32,33)/t15-,16?,18?/m0/s1. The average Bonchev–Trinajstić information content (AvgIpc) is 3.46. The van der Waals surface area contributed by atoms with Crippen LogP contribution in [0.25, 0.3) is 11.0 Å². The van der Waals surface area contributed by atoms with Crippen LogP contribution < -0.4 is 9.64 Å². The molecular weight excluding hydrogens is 486 g/mol. The first-order valence-corrected chi connectivity index (χ1v) is 12.7. The van der Waals surface area contributed by atoms with Gasteiger partial charge in [-0.1, -0.05) is 11.6 Å². The van der Waals surface area contributed by atoms with Crippen molar-refractivity contribution < 1.29 is 24.2 Å². The van der Waals surface area contributed by atoms with Crippen LogP contribution >= 0.6 is 11.6 Å². The van der Waals surface area contributed by atoms with Crippen LogP contribution in [-0.2, 0) is 22.5 Å². The van der Waals surface area contributed by atoms with Gasteiger partial charge in [0.25, 0.3) is 6.01 Å². The number of ether oxygens (including phenoxy) is 2. The highest BCUT2D eigenvalue weighted by molar-refractivity contribution is 6.30. The smallest absolute Gasteiger partial charge is 0.414 e. The molecule has 1 amide bonds. The zero-order valence-electron chi connectivity index (χ0n) is 20.4. The average molecular weight is 516 g/mol. The highest BCUT2D eigenvalue weighted by Crippen LogP contribution is 2.42. The number of aryl methyl sites for hydroxylation is 1. The Morgan fingerprint density at radius 1 is 1.19 bits per heavy atom. The summed E-state index contributed by atoms with van der Waals surface area (Å²) in [7, 11) is 1.39. The molecule has 1 N–H and O–H groups in total. The molecule has 11 heteroatoms. The van der Waals surface area contributed by atoms with Gasteiger partial charge in [-0.2, -0.15) is 10.1 Å². The second-order valence-electron chi connectivity index (χ2n) is 9.54. The molecule has 1 saturated carbocycles. The van der Waals surface area contributed by atoms with E-state index in [9.17, 15) is 14.7 Å². The molecule has 1 aliphatic carbocycles. The normalized spacial score (nSPS) is 21.9. The summed E-state index contributed by atoms with van der Waals surface area (Å²) in [6, 6.07) is 4.54. The van der Waals surface area contributed by atoms with E-state index in [0.29, 0.717) is 37.0 Å². The molecule has 36 heavy (non-hydrogen) atoms. The highest BCUT2D eigenvalue weighted by atomic mass is 35.5. The zero-order chi connectivity index (χ0) is 25.4. The van der Waals surface area contributed by atoms with Gasteiger partial charge in [0.05, 0.1) is 47.5 Å². The molecule has 2 aromatic heterocycles. The number of nitrogens with zero attached hydrogens (tertiary/aromatic N) is 5. The predicted octanol–water partition coefficient (Wildman–Crippen LogP) is 4.69. The minimum absolute atomic E-state index is 0.0207. The summed E-state index contributed by atoms with van der Waals surface area (Å²) in [5.41, 5.74) is 3.55. The molecule has 3 aromatic rings. The zero-order valence-corrected chi connectivity index (χ0v) is 21.1. The topological polar surface area (TPSA) is 112 Å². The molecule has 1 aliphatic heterocycles. The van der Waals surface area contributed by atoms with Gasteiger partial charge < -0.3 is 14.6 Å². The molecule has 0 spiro atoms. The van der Waals surface area contributed by atoms with E-state index in [2.05, 4.69) is 9.67 Å². The summed E-state index contributed by atoms with van der Waals surface area (Å²) < 4.78 is 15.1. The van der Waals surface area contributed by atoms with Crippen LogP contribution in [0.15, 0.2) is 24.5 Å². The van der Waals surface area contributed by atoms with E-state index in [1.807, 2.05) is 19.1 Å². The van der Waals surface area contributed by atoms with Crippen LogP contribution in [0.5, 0.6) is 6.01 Å². The maximum Gasteiger partial charge on any atom is 0.414 e. The maximum atomic E-state index is 12.5. The van der Waals surface area contributed by atoms with Gasteiger partial charge in [-0.25, -0.2) is 4.79 Å². The number of hydrogen-bond donors (Lipinski definition) is 1. The number of carbonyl (C=O) groups excluding carboxylic acids is 1. The van der Waals surface area contributed by atoms with Gasteiger partial charge in [0.1, 0.15) is 6.61 Å². The lowest BCUT2D eigenvalue weighted by molar-refractivity contribution is -0.143. The number of carbonyl (C=O) groups is 2. The lowest BCUT2D eigenvalue weighted by Crippen LogP contribution is -2.42. The van der Waals surface area contributed by atoms with Crippen LogP contribution in [0.2, 0.25) is 5.02 Å². The summed E-state index contributed by atoms with van der Waals surface area (Å²) in [5, 5.41) is 14.2. The van der Waals surface area contributed by atoms with E-state index >= 15 is 0 Å². The van der Waals surface area contributed by atoms with Crippen molar-refractivity contribution in [2.75, 3.05) is 18.6 Å². The first kappa shape index (κ1) is 24.4. The largest absolute Gasteiger partial charge is 0.481 e. The molecule has 192 valence electrons. The third-order valence-corrected chi connectivity index (χ3v) is 7.55. The molecule has 0 radical (unpaired) electrons. The van der Waals surface area contributed by atoms with Crippen molar-refractivity contribution in [2.45, 2.75) is 64.1 Å². The van der Waals surface area contributed by atoms with Crippen molar-refractivity contribution in [3.05, 3.63) is 35.1 Å². The lowest BCUT2D eigenvalue weighted by Gasteiger charge is -2.34. The molecule has 5 rings (SSSR count). The number of amides is 1. The van der Waals surface area contributed by atoms with Crippen molar-refractivity contribution >= 4 is 40.4 Å². The fourth-order valence-corrected chi connectivity index (χ4v) is 5.64. The van der Waals surface area contributed by atoms with Gasteiger partial charge in [0.15, 0.2) is 0 Å². The summed E-state index contributed by atoms with van der Waals surface area (Å²) in [4.78, 5) is 30.7. The van der Waals surface area contributed by atoms with Gasteiger partial charge in [0.2, 0.25) is 0 Å². The monoisotopic (exact) mass is 515 g/mol. The Kier molecular flexibility index (Phi) is 6.79. The number of hydrogen-bond acceptors (Lipinski definition) is 6. The van der Waals surface area contributed by atoms with E-state index in [1.54, 1.807) is 22.0 Å². The Bertz CT molecular complexity index is 1280. The second kappa shape index (κ2) is 10.0. The fraction of sp³-hybridized carbons (Fsp3) is 0.520. The van der Waals surface area contributed by atoms with Crippen molar-refractivity contribution in [1.82, 2.24) is 19.3 Å². The number of rotatable bonds is 6. The molecule has 0 unspecified atom stereocenters. The Balaban J connectivity index is 1.51. The van der Waals surface area contributed by atoms with Crippen LogP contribution in [0.4, 0.5) is 10.5 Å². The number of halogens is 1. The van der Waals surface area contributed by atoms with Crippen molar-refractivity contribution in [2.24, 2.45) is 5.92 Å². The molecule has 1 fully saturated rings. The first-order valence-electron chi connectivity index (χ1n) is 12.3. The van der Waals surface area contributed by atoms with E-state index in [4.69, 9.17) is 26.1 Å². The molecule has 0 bridgehead atoms. The molecular formula is C25H30ClN5O5. The number of anilines is 1. The van der Waals surface area contributed by atoms with Crippen LogP contribution in [0.1, 0.15) is 50.6 Å². The minimum atomic E-state index is -0.732. The van der Waals surface area contributed by atoms with Gasteiger partial charge in [-0.3, -0.25) is 18.9 Å². The quantitative estimate of drug-likeness (QED) is 0.507. The van der Waals surface area contributed by atoms with E-state index in [0.717, 1.165) is 48.0 Å². The van der Waals surface area contributed by atoms with Crippen molar-refractivity contribution in [1.29, 1.82) is 0 Å². The first-order chi connectivity index (χ1) is 17.4. The van der Waals surface area contributed by atoms with Gasteiger partial charge in [-0.15, -0.1) is 0 Å². The fourth-order valence-electron chi connectivity index (χ4n) is 5.48. The third-order valence-electron chi connectivity index (χ3n) is 7.36. The Hall–Kier alpha value is -3.27. The number of carboxylic acids is 1. The van der Waals surface area contributed by atoms with Gasteiger partial charge >= 0.3 is 12.1 Å². The molecule has 3 heterocycles. The number of methoxy groups -OCH3 is 1. The number of carboxylic acid groups (broad SMARTS) is 1. The summed E-state index contributed by atoms with van der Waals surface area (Å²) >= 11 is 5.97. The van der Waals surface area contributed by atoms with E-state index in [1.165, 1.54) is 7.11 Å². The minimum Gasteiger partial charge on any atom is -0.481 e. The Morgan fingerprint density at radius 3 is 2.64 bits per heavy atom. The molecule has 2 aliphatic rings. The summed E-state index contributed by atoms with van der Waals surface area (Å²) in [6.45, 7) is 2.87. The predicted molar refractivity (Wildman–Crippen MR) is 134 cm³/mol. The van der Waals surface area contributed by atoms with Crippen LogP contribution in [0, 0.1) is 5.92 Å².